The van der Waals surface area contributed by atoms with Gasteiger partial charge in [-0.25, -0.2) is 0 Å². The Morgan fingerprint density at radius 2 is 2.18 bits per heavy atom. The van der Waals surface area contributed by atoms with Gasteiger partial charge in [-0.05, 0) is 25.2 Å². The van der Waals surface area contributed by atoms with Gasteiger partial charge in [0, 0.05) is 0 Å². The zero-order chi connectivity index (χ0) is 8.27. The minimum Gasteiger partial charge on any atom is -0.480 e. The molecule has 3 heteroatoms. The van der Waals surface area contributed by atoms with Gasteiger partial charge in [0.1, 0.15) is 6.04 Å². The van der Waals surface area contributed by atoms with Crippen molar-refractivity contribution in [1.29, 1.82) is 0 Å². The van der Waals surface area contributed by atoms with Crippen LogP contribution in [0.4, 0.5) is 0 Å². The van der Waals surface area contributed by atoms with Crippen LogP contribution < -0.4 is 5.73 Å². The molecule has 1 rings (SSSR count). The molecule has 0 spiro atoms. The van der Waals surface area contributed by atoms with E-state index < -0.39 is 12.0 Å². The molecule has 0 aliphatic heterocycles. The second kappa shape index (κ2) is 3.53. The molecule has 0 amide bonds. The Kier molecular flexibility index (Phi) is 2.65. The fourth-order valence-electron chi connectivity index (χ4n) is 1.33. The van der Waals surface area contributed by atoms with Gasteiger partial charge in [0.05, 0.1) is 0 Å². The van der Waals surface area contributed by atoms with Crippen LogP contribution in [0.25, 0.3) is 0 Å². The number of hydrogen-bond acceptors (Lipinski definition) is 2. The summed E-state index contributed by atoms with van der Waals surface area (Å²) in [6, 6.07) is -0.681. The summed E-state index contributed by atoms with van der Waals surface area (Å²) in [7, 11) is 0. The largest absolute Gasteiger partial charge is 0.480 e. The Hall–Kier alpha value is -0.830. The summed E-state index contributed by atoms with van der Waals surface area (Å²) >= 11 is 0. The maximum Gasteiger partial charge on any atom is 0.320 e. The molecule has 0 heterocycles. The molecule has 0 bridgehead atoms. The molecule has 62 valence electrons. The molecular weight excluding hydrogens is 142 g/mol. The second-order valence-electron chi connectivity index (χ2n) is 2.99. The third-order valence-electron chi connectivity index (χ3n) is 2.01. The van der Waals surface area contributed by atoms with Crippen LogP contribution in [0.1, 0.15) is 19.3 Å². The van der Waals surface area contributed by atoms with Gasteiger partial charge in [0.25, 0.3) is 0 Å². The third kappa shape index (κ3) is 2.35. The van der Waals surface area contributed by atoms with Crippen molar-refractivity contribution in [1.82, 2.24) is 0 Å². The van der Waals surface area contributed by atoms with Crippen LogP contribution in [0, 0.1) is 5.92 Å². The average molecular weight is 155 g/mol. The van der Waals surface area contributed by atoms with Crippen LogP contribution in [0.15, 0.2) is 12.2 Å². The highest BCUT2D eigenvalue weighted by Crippen LogP contribution is 2.21. The molecule has 0 saturated carbocycles. The summed E-state index contributed by atoms with van der Waals surface area (Å²) in [6.07, 6.45) is 6.74. The normalized spacial score (nSPS) is 20.5. The monoisotopic (exact) mass is 155 g/mol. The quantitative estimate of drug-likeness (QED) is 0.591. The van der Waals surface area contributed by atoms with E-state index in [9.17, 15) is 4.79 Å². The Morgan fingerprint density at radius 1 is 1.64 bits per heavy atom. The number of aliphatic carboxylic acids is 1. The van der Waals surface area contributed by atoms with Crippen molar-refractivity contribution in [2.75, 3.05) is 0 Å². The number of rotatable bonds is 3. The molecule has 0 radical (unpaired) electrons. The first-order valence-electron chi connectivity index (χ1n) is 3.83. The van der Waals surface area contributed by atoms with Crippen molar-refractivity contribution in [2.45, 2.75) is 25.3 Å². The van der Waals surface area contributed by atoms with Crippen molar-refractivity contribution in [3.05, 3.63) is 12.2 Å². The summed E-state index contributed by atoms with van der Waals surface area (Å²) in [6.45, 7) is 0. The summed E-state index contributed by atoms with van der Waals surface area (Å²) in [5.41, 5.74) is 5.37. The number of carboxylic acid groups (broad SMARTS) is 1. The minimum absolute atomic E-state index is 0.459. The first-order valence-corrected chi connectivity index (χ1v) is 3.83. The van der Waals surface area contributed by atoms with Gasteiger partial charge in [0.2, 0.25) is 0 Å². The lowest BCUT2D eigenvalue weighted by Gasteiger charge is -2.11. The van der Waals surface area contributed by atoms with Gasteiger partial charge in [-0.1, -0.05) is 12.2 Å². The summed E-state index contributed by atoms with van der Waals surface area (Å²) < 4.78 is 0. The Morgan fingerprint density at radius 3 is 2.64 bits per heavy atom. The first-order chi connectivity index (χ1) is 5.20. The van der Waals surface area contributed by atoms with Crippen molar-refractivity contribution in [2.24, 2.45) is 11.7 Å². The van der Waals surface area contributed by atoms with Gasteiger partial charge in [-0.2, -0.15) is 0 Å². The van der Waals surface area contributed by atoms with Gasteiger partial charge in [-0.15, -0.1) is 0 Å². The van der Waals surface area contributed by atoms with E-state index in [0.29, 0.717) is 12.3 Å². The highest BCUT2D eigenvalue weighted by Gasteiger charge is 2.18. The molecule has 1 atom stereocenters. The Bertz CT molecular complexity index is 169. The average Bonchev–Trinajstić information content (AvgIpc) is 2.39. The molecule has 3 nitrogen and oxygen atoms in total. The molecule has 11 heavy (non-hydrogen) atoms. The predicted molar refractivity (Wildman–Crippen MR) is 42.1 cm³/mol. The standard InChI is InChI=1S/C8H13NO2/c9-7(8(10)11)5-6-3-1-2-4-6/h1-2,6-7H,3-5,9H2,(H,10,11)/t7-/m1/s1. The van der Waals surface area contributed by atoms with E-state index in [1.165, 1.54) is 0 Å². The lowest BCUT2D eigenvalue weighted by molar-refractivity contribution is -0.138. The molecule has 0 aromatic rings. The number of nitrogens with two attached hydrogens (primary N) is 1. The topological polar surface area (TPSA) is 63.3 Å². The summed E-state index contributed by atoms with van der Waals surface area (Å²) in [4.78, 5) is 10.3. The molecule has 3 N–H and O–H groups in total. The number of carbonyl (C=O) groups is 1. The highest BCUT2D eigenvalue weighted by atomic mass is 16.4. The number of carboxylic acids is 1. The predicted octanol–water partition coefficient (Wildman–Crippen LogP) is 0.755. The smallest absolute Gasteiger partial charge is 0.320 e. The minimum atomic E-state index is -0.892. The van der Waals surface area contributed by atoms with E-state index in [1.807, 2.05) is 0 Å². The molecule has 0 saturated heterocycles. The highest BCUT2D eigenvalue weighted by molar-refractivity contribution is 5.73. The SMILES string of the molecule is N[C@H](CC1CC=CC1)C(=O)O. The molecule has 0 unspecified atom stereocenters. The van der Waals surface area contributed by atoms with Crippen LogP contribution in [-0.2, 0) is 4.79 Å². The van der Waals surface area contributed by atoms with E-state index in [-0.39, 0.29) is 0 Å². The fraction of sp³-hybridized carbons (Fsp3) is 0.625. The van der Waals surface area contributed by atoms with Crippen LogP contribution in [0.2, 0.25) is 0 Å². The molecule has 1 aliphatic carbocycles. The lowest BCUT2D eigenvalue weighted by Crippen LogP contribution is -2.31. The van der Waals surface area contributed by atoms with Crippen molar-refractivity contribution < 1.29 is 9.90 Å². The maximum atomic E-state index is 10.3. The van der Waals surface area contributed by atoms with E-state index in [0.717, 1.165) is 12.8 Å². The van der Waals surface area contributed by atoms with Gasteiger partial charge in [0.15, 0.2) is 0 Å². The number of allylic oxidation sites excluding steroid dienone is 2. The zero-order valence-corrected chi connectivity index (χ0v) is 6.36. The molecular formula is C8H13NO2. The van der Waals surface area contributed by atoms with Gasteiger partial charge in [-0.3, -0.25) is 4.79 Å². The number of hydrogen-bond donors (Lipinski definition) is 2. The van der Waals surface area contributed by atoms with Crippen molar-refractivity contribution in [3.63, 3.8) is 0 Å². The second-order valence-corrected chi connectivity index (χ2v) is 2.99. The van der Waals surface area contributed by atoms with Crippen LogP contribution in [-0.4, -0.2) is 17.1 Å². The molecule has 0 fully saturated rings. The molecule has 0 aromatic carbocycles. The molecule has 1 aliphatic rings. The van der Waals surface area contributed by atoms with Crippen molar-refractivity contribution >= 4 is 5.97 Å². The van der Waals surface area contributed by atoms with Gasteiger partial charge >= 0.3 is 5.97 Å². The zero-order valence-electron chi connectivity index (χ0n) is 6.36. The van der Waals surface area contributed by atoms with E-state index in [4.69, 9.17) is 10.8 Å². The summed E-state index contributed by atoms with van der Waals surface area (Å²) in [5, 5.41) is 8.50. The lowest BCUT2D eigenvalue weighted by atomic mass is 9.98. The first kappa shape index (κ1) is 8.27. The summed E-state index contributed by atoms with van der Waals surface area (Å²) in [5.74, 6) is -0.432. The van der Waals surface area contributed by atoms with Crippen LogP contribution in [0.3, 0.4) is 0 Å². The Balaban J connectivity index is 2.25. The third-order valence-corrected chi connectivity index (χ3v) is 2.01. The van der Waals surface area contributed by atoms with E-state index >= 15 is 0 Å². The van der Waals surface area contributed by atoms with Crippen molar-refractivity contribution in [3.8, 4) is 0 Å². The molecule has 0 aromatic heterocycles. The maximum absolute atomic E-state index is 10.3. The van der Waals surface area contributed by atoms with E-state index in [2.05, 4.69) is 12.2 Å². The van der Waals surface area contributed by atoms with Gasteiger partial charge < -0.3 is 10.8 Å². The van der Waals surface area contributed by atoms with E-state index in [1.54, 1.807) is 0 Å². The van der Waals surface area contributed by atoms with Crippen LogP contribution in [0.5, 0.6) is 0 Å². The Labute approximate surface area is 65.9 Å². The van der Waals surface area contributed by atoms with Crippen LogP contribution >= 0.6 is 0 Å². The fourth-order valence-corrected chi connectivity index (χ4v) is 1.33.